The Morgan fingerprint density at radius 3 is 0.953 bits per heavy atom. The number of hydrogen-bond acceptors (Lipinski definition) is 3. The predicted octanol–water partition coefficient (Wildman–Crippen LogP) is 12.9. The lowest BCUT2D eigenvalue weighted by atomic mass is 10.0. The van der Waals surface area contributed by atoms with Crippen molar-refractivity contribution in [1.82, 2.24) is 0 Å². The average molecular weight is 656 g/mol. The molecule has 0 saturated heterocycles. The van der Waals surface area contributed by atoms with Crippen LogP contribution in [0, 0.1) is 0 Å². The molecule has 4 atom stereocenters. The van der Waals surface area contributed by atoms with Gasteiger partial charge in [0.2, 0.25) is 0 Å². The number of esters is 2. The molecule has 0 rings (SSSR count). The Balaban J connectivity index is 3.78. The molecule has 3 nitrogen and oxygen atoms in total. The quantitative estimate of drug-likeness (QED) is 0.0313. The normalized spacial score (nSPS) is 14.4. The Morgan fingerprint density at radius 2 is 0.698 bits per heavy atom. The molecule has 0 fully saturated rings. The van der Waals surface area contributed by atoms with Gasteiger partial charge in [0.1, 0.15) is 12.3 Å². The van der Waals surface area contributed by atoms with Crippen molar-refractivity contribution in [2.45, 2.75) is 217 Å². The lowest BCUT2D eigenvalue weighted by molar-refractivity contribution is -0.160. The van der Waals surface area contributed by atoms with E-state index in [1.54, 1.807) is 0 Å². The zero-order chi connectivity index (χ0) is 32.0. The number of unbranched alkanes of at least 4 members (excludes halogenated alkanes) is 22. The first-order valence-electron chi connectivity index (χ1n) is 18.1. The smallest absolute Gasteiger partial charge is 0.315 e. The van der Waals surface area contributed by atoms with Crippen molar-refractivity contribution in [2.75, 3.05) is 0 Å². The second kappa shape index (κ2) is 31.6. The molecule has 0 aromatic carbocycles. The van der Waals surface area contributed by atoms with E-state index in [1.165, 1.54) is 116 Å². The first kappa shape index (κ1) is 42.6. The maximum Gasteiger partial charge on any atom is 0.315 e. The Morgan fingerprint density at radius 1 is 0.465 bits per heavy atom. The number of carbonyl (C=O) groups is 2. The summed E-state index contributed by atoms with van der Waals surface area (Å²) < 4.78 is 33.6. The van der Waals surface area contributed by atoms with Crippen molar-refractivity contribution in [3.63, 3.8) is 0 Å². The highest BCUT2D eigenvalue weighted by Gasteiger charge is 2.26. The highest BCUT2D eigenvalue weighted by atomic mass is 35.5. The van der Waals surface area contributed by atoms with E-state index in [0.717, 1.165) is 38.5 Å². The van der Waals surface area contributed by atoms with Crippen molar-refractivity contribution >= 4 is 35.1 Å². The summed E-state index contributed by atoms with van der Waals surface area (Å²) in [5.74, 6) is -1.77. The average Bonchev–Trinajstić information content (AvgIpc) is 2.97. The highest BCUT2D eigenvalue weighted by molar-refractivity contribution is 6.22. The lowest BCUT2D eigenvalue weighted by Crippen LogP contribution is -2.26. The molecule has 7 heteroatoms. The zero-order valence-electron chi connectivity index (χ0n) is 27.8. The number of ether oxygens (including phenoxy) is 1. The van der Waals surface area contributed by atoms with E-state index in [2.05, 4.69) is 13.8 Å². The van der Waals surface area contributed by atoms with Gasteiger partial charge in [-0.1, -0.05) is 168 Å². The second-order valence-electron chi connectivity index (χ2n) is 12.7. The monoisotopic (exact) mass is 654 g/mol. The van der Waals surface area contributed by atoms with Gasteiger partial charge in [0, 0.05) is 0 Å². The summed E-state index contributed by atoms with van der Waals surface area (Å²) >= 11 is 12.2. The Bertz CT molecular complexity index is 586. The van der Waals surface area contributed by atoms with Gasteiger partial charge < -0.3 is 4.74 Å². The number of carbonyl (C=O) groups excluding carboxylic acids is 2. The summed E-state index contributed by atoms with van der Waals surface area (Å²) in [6, 6.07) is 0. The zero-order valence-corrected chi connectivity index (χ0v) is 29.4. The van der Waals surface area contributed by atoms with Gasteiger partial charge in [-0.3, -0.25) is 9.59 Å². The van der Waals surface area contributed by atoms with Gasteiger partial charge >= 0.3 is 11.9 Å². The molecule has 0 radical (unpaired) electrons. The van der Waals surface area contributed by atoms with Crippen molar-refractivity contribution in [1.29, 1.82) is 0 Å². The van der Waals surface area contributed by atoms with E-state index in [-0.39, 0.29) is 0 Å². The summed E-state index contributed by atoms with van der Waals surface area (Å²) in [6.45, 7) is 4.47. The molecular formula is C36H66Cl2F2O3. The van der Waals surface area contributed by atoms with Gasteiger partial charge in [0.25, 0.3) is 0 Å². The molecule has 0 saturated carbocycles. The minimum atomic E-state index is -1.33. The molecule has 0 aromatic heterocycles. The second-order valence-corrected chi connectivity index (χ2v) is 13.8. The van der Waals surface area contributed by atoms with Gasteiger partial charge in [-0.2, -0.15) is 0 Å². The Hall–Kier alpha value is -0.420. The fraction of sp³-hybridized carbons (Fsp3) is 0.944. The third kappa shape index (κ3) is 28.8. The molecule has 0 N–H and O–H groups in total. The van der Waals surface area contributed by atoms with E-state index in [1.807, 2.05) is 0 Å². The molecule has 256 valence electrons. The Kier molecular flexibility index (Phi) is 31.2. The summed E-state index contributed by atoms with van der Waals surface area (Å²) in [4.78, 5) is 24.1. The van der Waals surface area contributed by atoms with Crippen LogP contribution in [-0.4, -0.2) is 35.0 Å². The molecule has 4 unspecified atom stereocenters. The molecule has 0 aromatic rings. The summed E-state index contributed by atoms with van der Waals surface area (Å²) in [5, 5.41) is -2.08. The van der Waals surface area contributed by atoms with E-state index in [4.69, 9.17) is 27.9 Å². The van der Waals surface area contributed by atoms with Crippen LogP contribution >= 0.6 is 23.2 Å². The molecule has 0 aliphatic heterocycles. The molecular weight excluding hydrogens is 589 g/mol. The third-order valence-electron chi connectivity index (χ3n) is 8.40. The highest BCUT2D eigenvalue weighted by Crippen LogP contribution is 2.22. The number of alkyl halides is 4. The van der Waals surface area contributed by atoms with E-state index in [0.29, 0.717) is 12.8 Å². The standard InChI is InChI=1S/C36H66Cl2F2O3/c1-3-5-7-9-11-13-15-17-19-21-23-25-27-33(39)31(37)29-35(41)43-36(42)30-32(38)34(40)28-26-24-22-20-18-16-14-12-10-8-6-4-2/h31-34H,3-30H2,1-2H3. The van der Waals surface area contributed by atoms with Gasteiger partial charge in [-0.15, -0.1) is 23.2 Å². The molecule has 0 spiro atoms. The Labute approximate surface area is 274 Å². The van der Waals surface area contributed by atoms with Crippen molar-refractivity contribution in [3.8, 4) is 0 Å². The van der Waals surface area contributed by atoms with Crippen LogP contribution in [-0.2, 0) is 14.3 Å². The molecule has 0 amide bonds. The largest absolute Gasteiger partial charge is 0.393 e. The number of hydrogen-bond donors (Lipinski definition) is 0. The fourth-order valence-corrected chi connectivity index (χ4v) is 6.01. The van der Waals surface area contributed by atoms with Crippen LogP contribution in [0.5, 0.6) is 0 Å². The molecule has 43 heavy (non-hydrogen) atoms. The topological polar surface area (TPSA) is 43.4 Å². The molecule has 0 bridgehead atoms. The van der Waals surface area contributed by atoms with Crippen LogP contribution in [0.25, 0.3) is 0 Å². The maximum atomic E-state index is 14.4. The molecule has 0 aliphatic carbocycles. The van der Waals surface area contributed by atoms with E-state index < -0.39 is 47.9 Å². The van der Waals surface area contributed by atoms with Crippen molar-refractivity contribution in [2.24, 2.45) is 0 Å². The van der Waals surface area contributed by atoms with Crippen LogP contribution in [0.15, 0.2) is 0 Å². The van der Waals surface area contributed by atoms with Crippen LogP contribution in [0.4, 0.5) is 8.78 Å². The van der Waals surface area contributed by atoms with E-state index in [9.17, 15) is 18.4 Å². The van der Waals surface area contributed by atoms with Gasteiger partial charge in [-0.05, 0) is 12.8 Å². The summed E-state index contributed by atoms with van der Waals surface area (Å²) in [6.07, 6.45) is 25.9. The first-order valence-corrected chi connectivity index (χ1v) is 19.0. The molecule has 0 aliphatic rings. The van der Waals surface area contributed by atoms with Crippen LogP contribution in [0.3, 0.4) is 0 Å². The minimum Gasteiger partial charge on any atom is -0.393 e. The van der Waals surface area contributed by atoms with Crippen LogP contribution in [0.2, 0.25) is 0 Å². The minimum absolute atomic E-state index is 0.291. The maximum absolute atomic E-state index is 14.4. The van der Waals surface area contributed by atoms with Gasteiger partial charge in [-0.25, -0.2) is 8.78 Å². The van der Waals surface area contributed by atoms with Gasteiger partial charge in [0.15, 0.2) is 0 Å². The summed E-state index contributed by atoms with van der Waals surface area (Å²) in [7, 11) is 0. The van der Waals surface area contributed by atoms with Gasteiger partial charge in [0.05, 0.1) is 23.6 Å². The SMILES string of the molecule is CCCCCCCCCCCCCCC(F)C(Cl)CC(=O)OC(=O)CC(Cl)C(F)CCCCCCCCCCCCCC. The number of rotatable bonds is 32. The van der Waals surface area contributed by atoms with Crippen LogP contribution in [0.1, 0.15) is 194 Å². The van der Waals surface area contributed by atoms with E-state index >= 15 is 0 Å². The van der Waals surface area contributed by atoms with Crippen LogP contribution < -0.4 is 0 Å². The molecule has 0 heterocycles. The summed E-state index contributed by atoms with van der Waals surface area (Å²) in [5.41, 5.74) is 0. The number of halogens is 4. The van der Waals surface area contributed by atoms with Crippen molar-refractivity contribution < 1.29 is 23.1 Å². The lowest BCUT2D eigenvalue weighted by Gasteiger charge is -2.15. The van der Waals surface area contributed by atoms with Crippen molar-refractivity contribution in [3.05, 3.63) is 0 Å². The predicted molar refractivity (Wildman–Crippen MR) is 181 cm³/mol. The third-order valence-corrected chi connectivity index (χ3v) is 9.26. The fourth-order valence-electron chi connectivity index (χ4n) is 5.51. The first-order chi connectivity index (χ1) is 20.8.